The number of benzene rings is 2. The number of nitrogens with zero attached hydrogens (tertiary/aromatic N) is 4. The molecule has 0 heterocycles. The molecule has 0 aromatic heterocycles. The van der Waals surface area contributed by atoms with Gasteiger partial charge in [-0.2, -0.15) is 9.98 Å². The van der Waals surface area contributed by atoms with Crippen LogP contribution in [-0.2, 0) is 9.59 Å². The lowest BCUT2D eigenvalue weighted by atomic mass is 10.2. The molecule has 0 saturated carbocycles. The zero-order chi connectivity index (χ0) is 19.7. The number of aryl methyl sites for hydroxylation is 1. The van der Waals surface area contributed by atoms with Gasteiger partial charge in [0.1, 0.15) is 11.5 Å². The Morgan fingerprint density at radius 1 is 0.923 bits per heavy atom. The molecular formula is C15H9FN4O6. The first-order valence-electron chi connectivity index (χ1n) is 6.65. The maximum atomic E-state index is 12.7. The Morgan fingerprint density at radius 2 is 1.54 bits per heavy atom. The van der Waals surface area contributed by atoms with E-state index in [1.807, 2.05) is 0 Å². The van der Waals surface area contributed by atoms with Crippen LogP contribution in [0.1, 0.15) is 5.56 Å². The Bertz CT molecular complexity index is 949. The molecule has 2 rings (SSSR count). The second-order valence-electron chi connectivity index (χ2n) is 4.55. The molecule has 0 aliphatic heterocycles. The van der Waals surface area contributed by atoms with Gasteiger partial charge in [-0.15, -0.1) is 0 Å². The average Bonchev–Trinajstić information content (AvgIpc) is 2.59. The molecule has 0 unspecified atom stereocenters. The third-order valence-corrected chi connectivity index (χ3v) is 2.80. The summed E-state index contributed by atoms with van der Waals surface area (Å²) in [6, 6.07) is 7.13. The number of isocyanates is 2. The standard InChI is InChI=1S/C8H6N2O3.C7H3FN2O3/c1-6-2-3-7(9-5-11)8(4-6)10(12)13;8-6-2-1-5(10(12)13)3-7(6)9-4-11/h2-4H,1H3;1-3H. The van der Waals surface area contributed by atoms with Crippen molar-refractivity contribution in [1.29, 1.82) is 0 Å². The molecule has 132 valence electrons. The average molecular weight is 360 g/mol. The molecule has 0 aliphatic carbocycles. The van der Waals surface area contributed by atoms with Gasteiger partial charge in [-0.05, 0) is 24.6 Å². The largest absolute Gasteiger partial charge is 0.296 e. The Kier molecular flexibility index (Phi) is 7.13. The van der Waals surface area contributed by atoms with Crippen LogP contribution in [0.5, 0.6) is 0 Å². The van der Waals surface area contributed by atoms with Crippen molar-refractivity contribution >= 4 is 34.9 Å². The van der Waals surface area contributed by atoms with Crippen LogP contribution in [0.2, 0.25) is 0 Å². The highest BCUT2D eigenvalue weighted by atomic mass is 19.1. The summed E-state index contributed by atoms with van der Waals surface area (Å²) in [5.41, 5.74) is -0.106. The normalized spacial score (nSPS) is 9.00. The van der Waals surface area contributed by atoms with Crippen LogP contribution in [0.15, 0.2) is 46.4 Å². The predicted octanol–water partition coefficient (Wildman–Crippen LogP) is 3.57. The molecule has 26 heavy (non-hydrogen) atoms. The first-order valence-corrected chi connectivity index (χ1v) is 6.65. The lowest BCUT2D eigenvalue weighted by molar-refractivity contribution is -0.384. The highest BCUT2D eigenvalue weighted by Gasteiger charge is 2.12. The Balaban J connectivity index is 0.000000260. The minimum atomic E-state index is -0.797. The molecular weight excluding hydrogens is 351 g/mol. The molecule has 10 nitrogen and oxygen atoms in total. The van der Waals surface area contributed by atoms with E-state index in [2.05, 4.69) is 9.98 Å². The molecule has 2 aromatic rings. The van der Waals surface area contributed by atoms with Crippen LogP contribution in [0, 0.1) is 33.0 Å². The summed E-state index contributed by atoms with van der Waals surface area (Å²) in [5, 5.41) is 20.7. The quantitative estimate of drug-likeness (QED) is 0.352. The predicted molar refractivity (Wildman–Crippen MR) is 86.5 cm³/mol. The van der Waals surface area contributed by atoms with Gasteiger partial charge in [0.25, 0.3) is 11.4 Å². The second kappa shape index (κ2) is 9.28. The fourth-order valence-corrected chi connectivity index (χ4v) is 1.67. The lowest BCUT2D eigenvalue weighted by Crippen LogP contribution is -1.88. The summed E-state index contributed by atoms with van der Waals surface area (Å²) < 4.78 is 12.7. The van der Waals surface area contributed by atoms with Crippen molar-refractivity contribution in [1.82, 2.24) is 0 Å². The topological polar surface area (TPSA) is 145 Å². The fraction of sp³-hybridized carbons (Fsp3) is 0.0667. The van der Waals surface area contributed by atoms with E-state index in [0.717, 1.165) is 29.8 Å². The van der Waals surface area contributed by atoms with Crippen molar-refractivity contribution in [3.8, 4) is 0 Å². The number of carbonyl (C=O) groups excluding carboxylic acids is 2. The molecule has 0 fully saturated rings. The first-order chi connectivity index (χ1) is 12.3. The maximum Gasteiger partial charge on any atom is 0.296 e. The van der Waals surface area contributed by atoms with Gasteiger partial charge in [-0.25, -0.2) is 14.0 Å². The van der Waals surface area contributed by atoms with Crippen molar-refractivity contribution in [3.05, 3.63) is 68.0 Å². The van der Waals surface area contributed by atoms with E-state index in [1.165, 1.54) is 18.2 Å². The van der Waals surface area contributed by atoms with Crippen LogP contribution in [0.4, 0.5) is 27.1 Å². The summed E-state index contributed by atoms with van der Waals surface area (Å²) >= 11 is 0. The fourth-order valence-electron chi connectivity index (χ4n) is 1.67. The van der Waals surface area contributed by atoms with Gasteiger partial charge >= 0.3 is 0 Å². The maximum absolute atomic E-state index is 12.7. The summed E-state index contributed by atoms with van der Waals surface area (Å²) in [7, 11) is 0. The van der Waals surface area contributed by atoms with E-state index >= 15 is 0 Å². The molecule has 0 aliphatic rings. The van der Waals surface area contributed by atoms with Crippen LogP contribution < -0.4 is 0 Å². The van der Waals surface area contributed by atoms with E-state index in [0.29, 0.717) is 0 Å². The van der Waals surface area contributed by atoms with E-state index < -0.39 is 15.7 Å². The summed E-state index contributed by atoms with van der Waals surface area (Å²) in [5.74, 6) is -0.797. The van der Waals surface area contributed by atoms with Gasteiger partial charge in [-0.1, -0.05) is 6.07 Å². The molecule has 0 saturated heterocycles. The molecule has 11 heteroatoms. The number of halogens is 1. The van der Waals surface area contributed by atoms with E-state index in [-0.39, 0.29) is 22.7 Å². The highest BCUT2D eigenvalue weighted by molar-refractivity contribution is 5.62. The number of nitro benzene ring substituents is 2. The number of aliphatic imine (C=N–C) groups is 2. The lowest BCUT2D eigenvalue weighted by Gasteiger charge is -1.95. The second-order valence-corrected chi connectivity index (χ2v) is 4.55. The number of hydrogen-bond acceptors (Lipinski definition) is 8. The van der Waals surface area contributed by atoms with Crippen molar-refractivity contribution < 1.29 is 23.8 Å². The molecule has 0 spiro atoms. The molecule has 0 bridgehead atoms. The van der Waals surface area contributed by atoms with Gasteiger partial charge in [0.15, 0.2) is 5.69 Å². The molecule has 2 aromatic carbocycles. The number of hydrogen-bond donors (Lipinski definition) is 0. The van der Waals surface area contributed by atoms with Gasteiger partial charge in [0.05, 0.1) is 9.85 Å². The Morgan fingerprint density at radius 3 is 2.08 bits per heavy atom. The van der Waals surface area contributed by atoms with Crippen LogP contribution >= 0.6 is 0 Å². The van der Waals surface area contributed by atoms with Gasteiger partial charge in [0, 0.05) is 18.2 Å². The monoisotopic (exact) mass is 360 g/mol. The van der Waals surface area contributed by atoms with Gasteiger partial charge in [-0.3, -0.25) is 20.2 Å². The van der Waals surface area contributed by atoms with Crippen molar-refractivity contribution in [2.75, 3.05) is 0 Å². The van der Waals surface area contributed by atoms with Gasteiger partial charge < -0.3 is 0 Å². The minimum Gasteiger partial charge on any atom is -0.258 e. The van der Waals surface area contributed by atoms with E-state index in [4.69, 9.17) is 0 Å². The first kappa shape index (κ1) is 20.0. The third kappa shape index (κ3) is 5.53. The number of nitro groups is 2. The summed E-state index contributed by atoms with van der Waals surface area (Å²) in [4.78, 5) is 45.3. The summed E-state index contributed by atoms with van der Waals surface area (Å²) in [6.45, 7) is 1.72. The van der Waals surface area contributed by atoms with Crippen LogP contribution in [0.25, 0.3) is 0 Å². The van der Waals surface area contributed by atoms with Crippen molar-refractivity contribution in [2.24, 2.45) is 9.98 Å². The minimum absolute atomic E-state index is 0.0330. The SMILES string of the molecule is Cc1ccc(N=C=O)c([N+](=O)[O-])c1.O=C=Nc1cc([N+](=O)[O-])ccc1F. The van der Waals surface area contributed by atoms with Crippen molar-refractivity contribution in [2.45, 2.75) is 6.92 Å². The highest BCUT2D eigenvalue weighted by Crippen LogP contribution is 2.27. The smallest absolute Gasteiger partial charge is 0.258 e. The molecule has 0 radical (unpaired) electrons. The zero-order valence-corrected chi connectivity index (χ0v) is 13.1. The van der Waals surface area contributed by atoms with Crippen LogP contribution in [0.3, 0.4) is 0 Å². The zero-order valence-electron chi connectivity index (χ0n) is 13.1. The third-order valence-electron chi connectivity index (χ3n) is 2.80. The Labute approximate surface area is 144 Å². The Hall–Kier alpha value is -4.07. The number of rotatable bonds is 4. The van der Waals surface area contributed by atoms with Gasteiger partial charge in [0.2, 0.25) is 12.2 Å². The number of non-ortho nitro benzene ring substituents is 1. The van der Waals surface area contributed by atoms with E-state index in [9.17, 15) is 34.2 Å². The molecule has 0 atom stereocenters. The van der Waals surface area contributed by atoms with E-state index in [1.54, 1.807) is 13.0 Å². The molecule has 0 N–H and O–H groups in total. The van der Waals surface area contributed by atoms with Crippen LogP contribution in [-0.4, -0.2) is 22.0 Å². The molecule has 0 amide bonds. The summed E-state index contributed by atoms with van der Waals surface area (Å²) in [6.07, 6.45) is 2.37. The van der Waals surface area contributed by atoms with Crippen molar-refractivity contribution in [3.63, 3.8) is 0 Å².